The Balaban J connectivity index is 1.68. The van der Waals surface area contributed by atoms with Crippen LogP contribution in [0.15, 0.2) is 12.4 Å². The van der Waals surface area contributed by atoms with Crippen LogP contribution in [0.3, 0.4) is 0 Å². The molecular weight excluding hydrogens is 322 g/mol. The molecule has 3 heterocycles. The van der Waals surface area contributed by atoms with E-state index in [1.807, 2.05) is 17.8 Å². The van der Waals surface area contributed by atoms with Crippen molar-refractivity contribution in [3.63, 3.8) is 0 Å². The van der Waals surface area contributed by atoms with Crippen molar-refractivity contribution in [3.8, 4) is 0 Å². The highest BCUT2D eigenvalue weighted by molar-refractivity contribution is 6.08. The number of nitrogens with zero attached hydrogens (tertiary/aromatic N) is 4. The van der Waals surface area contributed by atoms with Gasteiger partial charge in [0.1, 0.15) is 12.1 Å². The van der Waals surface area contributed by atoms with Crippen LogP contribution in [0.25, 0.3) is 0 Å². The molecule has 8 nitrogen and oxygen atoms in total. The number of aromatic nitrogens is 2. The van der Waals surface area contributed by atoms with Crippen LogP contribution in [0, 0.1) is 6.92 Å². The van der Waals surface area contributed by atoms with Gasteiger partial charge in [0, 0.05) is 12.7 Å². The molecule has 4 amide bonds. The van der Waals surface area contributed by atoms with Gasteiger partial charge in [-0.25, -0.2) is 4.79 Å². The first-order valence-electron chi connectivity index (χ1n) is 8.70. The maximum absolute atomic E-state index is 12.8. The first-order chi connectivity index (χ1) is 11.8. The Labute approximate surface area is 147 Å². The zero-order valence-electron chi connectivity index (χ0n) is 15.0. The topological polar surface area (TPSA) is 87.5 Å². The number of urea groups is 1. The van der Waals surface area contributed by atoms with Crippen molar-refractivity contribution < 1.29 is 14.4 Å². The number of piperidine rings is 1. The van der Waals surface area contributed by atoms with Gasteiger partial charge in [-0.15, -0.1) is 0 Å². The summed E-state index contributed by atoms with van der Waals surface area (Å²) in [6.07, 6.45) is 6.65. The van der Waals surface area contributed by atoms with Crippen molar-refractivity contribution in [1.82, 2.24) is 24.9 Å². The first-order valence-corrected chi connectivity index (χ1v) is 8.70. The van der Waals surface area contributed by atoms with E-state index in [0.717, 1.165) is 29.7 Å². The zero-order chi connectivity index (χ0) is 18.2. The Morgan fingerprint density at radius 2 is 2.12 bits per heavy atom. The number of carbonyl (C=O) groups excluding carboxylic acids is 3. The minimum atomic E-state index is -0.953. The predicted molar refractivity (Wildman–Crippen MR) is 90.6 cm³/mol. The number of hydrogen-bond donors (Lipinski definition) is 1. The third-order valence-electron chi connectivity index (χ3n) is 4.85. The van der Waals surface area contributed by atoms with Gasteiger partial charge in [0.25, 0.3) is 5.91 Å². The Hall–Kier alpha value is -2.38. The van der Waals surface area contributed by atoms with Crippen molar-refractivity contribution in [2.75, 3.05) is 13.1 Å². The van der Waals surface area contributed by atoms with E-state index in [1.165, 1.54) is 0 Å². The summed E-state index contributed by atoms with van der Waals surface area (Å²) >= 11 is 0. The lowest BCUT2D eigenvalue weighted by Gasteiger charge is -2.36. The van der Waals surface area contributed by atoms with Crippen LogP contribution in [0.5, 0.6) is 0 Å². The molecule has 0 spiro atoms. The first kappa shape index (κ1) is 17.4. The second-order valence-electron chi connectivity index (χ2n) is 7.42. The SMILES string of the molecule is Cc1cnn(CC2CCCCN2C(=O)CN2C(=O)NC(C)(C)C2=O)c1. The van der Waals surface area contributed by atoms with Crippen molar-refractivity contribution in [2.24, 2.45) is 0 Å². The van der Waals surface area contributed by atoms with Crippen molar-refractivity contribution in [2.45, 2.75) is 58.2 Å². The summed E-state index contributed by atoms with van der Waals surface area (Å²) < 4.78 is 1.85. The van der Waals surface area contributed by atoms with E-state index < -0.39 is 11.6 Å². The van der Waals surface area contributed by atoms with Crippen LogP contribution >= 0.6 is 0 Å². The number of carbonyl (C=O) groups is 3. The number of likely N-dealkylation sites (tertiary alicyclic amines) is 1. The van der Waals surface area contributed by atoms with Gasteiger partial charge in [-0.05, 0) is 45.6 Å². The van der Waals surface area contributed by atoms with Crippen LogP contribution in [0.1, 0.15) is 38.7 Å². The van der Waals surface area contributed by atoms with Gasteiger partial charge in [-0.2, -0.15) is 5.10 Å². The summed E-state index contributed by atoms with van der Waals surface area (Å²) in [5, 5.41) is 6.91. The van der Waals surface area contributed by atoms with Gasteiger partial charge in [-0.1, -0.05) is 0 Å². The highest BCUT2D eigenvalue weighted by Crippen LogP contribution is 2.21. The fraction of sp³-hybridized carbons (Fsp3) is 0.647. The Bertz CT molecular complexity index is 696. The normalized spacial score (nSPS) is 23.1. The maximum Gasteiger partial charge on any atom is 0.325 e. The molecule has 8 heteroatoms. The molecular formula is C17H25N5O3. The van der Waals surface area contributed by atoms with E-state index in [9.17, 15) is 14.4 Å². The number of rotatable bonds is 4. The minimum absolute atomic E-state index is 0.0364. The van der Waals surface area contributed by atoms with Crippen LogP contribution in [-0.4, -0.2) is 62.1 Å². The molecule has 2 fully saturated rings. The standard InChI is InChI=1S/C17H25N5O3/c1-12-8-18-20(9-12)10-13-6-4-5-7-21(13)14(23)11-22-15(24)17(2,3)19-16(22)25/h8-9,13H,4-7,10-11H2,1-3H3,(H,19,25). The van der Waals surface area contributed by atoms with Gasteiger partial charge in [0.05, 0.1) is 18.8 Å². The number of nitrogens with one attached hydrogen (secondary N) is 1. The molecule has 2 aliphatic heterocycles. The lowest BCUT2D eigenvalue weighted by Crippen LogP contribution is -2.51. The molecule has 1 unspecified atom stereocenters. The molecule has 0 saturated carbocycles. The molecule has 0 aliphatic carbocycles. The minimum Gasteiger partial charge on any atom is -0.336 e. The summed E-state index contributed by atoms with van der Waals surface area (Å²) in [5.74, 6) is -0.545. The molecule has 0 aromatic carbocycles. The summed E-state index contributed by atoms with van der Waals surface area (Å²) in [6.45, 7) is 6.33. The van der Waals surface area contributed by atoms with E-state index in [2.05, 4.69) is 10.4 Å². The van der Waals surface area contributed by atoms with Gasteiger partial charge in [-0.3, -0.25) is 19.2 Å². The van der Waals surface area contributed by atoms with E-state index in [0.29, 0.717) is 13.1 Å². The molecule has 3 rings (SSSR count). The van der Waals surface area contributed by atoms with Crippen molar-refractivity contribution in [1.29, 1.82) is 0 Å². The summed E-state index contributed by atoms with van der Waals surface area (Å²) in [7, 11) is 0. The zero-order valence-corrected chi connectivity index (χ0v) is 15.0. The number of amides is 4. The third-order valence-corrected chi connectivity index (χ3v) is 4.85. The quantitative estimate of drug-likeness (QED) is 0.820. The molecule has 136 valence electrons. The largest absolute Gasteiger partial charge is 0.336 e. The molecule has 2 aliphatic rings. The number of aryl methyl sites for hydroxylation is 1. The third kappa shape index (κ3) is 3.52. The van der Waals surface area contributed by atoms with E-state index in [-0.39, 0.29) is 24.4 Å². The monoisotopic (exact) mass is 347 g/mol. The average Bonchev–Trinajstić information content (AvgIpc) is 3.03. The van der Waals surface area contributed by atoms with Crippen molar-refractivity contribution in [3.05, 3.63) is 18.0 Å². The van der Waals surface area contributed by atoms with Crippen LogP contribution < -0.4 is 5.32 Å². The highest BCUT2D eigenvalue weighted by atomic mass is 16.2. The van der Waals surface area contributed by atoms with Crippen LogP contribution in [0.2, 0.25) is 0 Å². The van der Waals surface area contributed by atoms with E-state index in [4.69, 9.17) is 0 Å². The second kappa shape index (κ2) is 6.50. The lowest BCUT2D eigenvalue weighted by atomic mass is 10.0. The van der Waals surface area contributed by atoms with Gasteiger partial charge >= 0.3 is 6.03 Å². The molecule has 1 atom stereocenters. The van der Waals surface area contributed by atoms with Crippen LogP contribution in [-0.2, 0) is 16.1 Å². The highest BCUT2D eigenvalue weighted by Gasteiger charge is 2.45. The summed E-state index contributed by atoms with van der Waals surface area (Å²) in [4.78, 5) is 39.9. The predicted octanol–water partition coefficient (Wildman–Crippen LogP) is 0.903. The molecule has 1 aromatic rings. The fourth-order valence-corrected chi connectivity index (χ4v) is 3.49. The molecule has 1 aromatic heterocycles. The molecule has 0 radical (unpaired) electrons. The van der Waals surface area contributed by atoms with Crippen LogP contribution in [0.4, 0.5) is 4.79 Å². The van der Waals surface area contributed by atoms with Gasteiger partial charge < -0.3 is 10.2 Å². The Morgan fingerprint density at radius 3 is 2.72 bits per heavy atom. The maximum atomic E-state index is 12.8. The number of imide groups is 1. The van der Waals surface area contributed by atoms with E-state index >= 15 is 0 Å². The summed E-state index contributed by atoms with van der Waals surface area (Å²) in [5.41, 5.74) is 0.126. The molecule has 1 N–H and O–H groups in total. The Kier molecular flexibility index (Phi) is 4.53. The van der Waals surface area contributed by atoms with E-state index in [1.54, 1.807) is 24.9 Å². The molecule has 25 heavy (non-hydrogen) atoms. The molecule has 2 saturated heterocycles. The second-order valence-corrected chi connectivity index (χ2v) is 7.42. The fourth-order valence-electron chi connectivity index (χ4n) is 3.49. The lowest BCUT2D eigenvalue weighted by molar-refractivity contribution is -0.141. The Morgan fingerprint density at radius 1 is 1.36 bits per heavy atom. The van der Waals surface area contributed by atoms with Crippen molar-refractivity contribution >= 4 is 17.8 Å². The van der Waals surface area contributed by atoms with Gasteiger partial charge in [0.15, 0.2) is 0 Å². The molecule has 0 bridgehead atoms. The summed E-state index contributed by atoms with van der Waals surface area (Å²) in [6, 6.07) is -0.464. The average molecular weight is 347 g/mol. The van der Waals surface area contributed by atoms with Gasteiger partial charge in [0.2, 0.25) is 5.91 Å². The smallest absolute Gasteiger partial charge is 0.325 e. The number of hydrogen-bond acceptors (Lipinski definition) is 4.